The number of hydrazone groups is 1. The lowest BCUT2D eigenvalue weighted by Gasteiger charge is -2.22. The first-order chi connectivity index (χ1) is 14.0. The highest BCUT2D eigenvalue weighted by molar-refractivity contribution is 5.99. The van der Waals surface area contributed by atoms with E-state index in [2.05, 4.69) is 27.6 Å². The Morgan fingerprint density at radius 2 is 1.62 bits per heavy atom. The zero-order chi connectivity index (χ0) is 20.8. The van der Waals surface area contributed by atoms with E-state index >= 15 is 0 Å². The highest BCUT2D eigenvalue weighted by atomic mass is 16.6. The monoisotopic (exact) mass is 397 g/mol. The number of non-ortho nitro benzene ring substituents is 1. The Bertz CT molecular complexity index is 919. The topological polar surface area (TPSA) is 114 Å². The third kappa shape index (κ3) is 5.07. The summed E-state index contributed by atoms with van der Waals surface area (Å²) < 4.78 is 0. The van der Waals surface area contributed by atoms with Gasteiger partial charge in [-0.15, -0.1) is 0 Å². The number of hydrogen-bond acceptors (Lipinski definition) is 7. The molecule has 1 fully saturated rings. The molecule has 152 valence electrons. The normalized spacial score (nSPS) is 14.9. The van der Waals surface area contributed by atoms with Gasteiger partial charge in [0.05, 0.1) is 21.6 Å². The summed E-state index contributed by atoms with van der Waals surface area (Å²) in [6, 6.07) is 11.5. The maximum absolute atomic E-state index is 11.2. The Morgan fingerprint density at radius 1 is 0.966 bits per heavy atom. The lowest BCUT2D eigenvalue weighted by atomic mass is 10.1. The van der Waals surface area contributed by atoms with Crippen molar-refractivity contribution in [1.82, 2.24) is 0 Å². The summed E-state index contributed by atoms with van der Waals surface area (Å²) in [6.45, 7) is 3.93. The third-order valence-corrected chi connectivity index (χ3v) is 4.99. The van der Waals surface area contributed by atoms with E-state index in [4.69, 9.17) is 0 Å². The zero-order valence-electron chi connectivity index (χ0n) is 16.2. The van der Waals surface area contributed by atoms with Crippen molar-refractivity contribution in [2.75, 3.05) is 23.4 Å². The number of nitro benzene ring substituents is 2. The van der Waals surface area contributed by atoms with E-state index < -0.39 is 15.5 Å². The molecule has 9 nitrogen and oxygen atoms in total. The van der Waals surface area contributed by atoms with Crippen LogP contribution in [0.4, 0.5) is 22.7 Å². The van der Waals surface area contributed by atoms with Crippen LogP contribution >= 0.6 is 0 Å². The summed E-state index contributed by atoms with van der Waals surface area (Å²) in [5.41, 5.74) is 4.75. The fourth-order valence-electron chi connectivity index (χ4n) is 3.33. The van der Waals surface area contributed by atoms with E-state index in [1.807, 2.05) is 12.1 Å². The van der Waals surface area contributed by atoms with E-state index in [1.54, 1.807) is 6.92 Å². The molecule has 3 rings (SSSR count). The van der Waals surface area contributed by atoms with Crippen molar-refractivity contribution in [3.05, 3.63) is 68.3 Å². The second kappa shape index (κ2) is 9.13. The van der Waals surface area contributed by atoms with Gasteiger partial charge in [0.2, 0.25) is 0 Å². The van der Waals surface area contributed by atoms with Crippen molar-refractivity contribution in [3.8, 4) is 0 Å². The van der Waals surface area contributed by atoms with Gasteiger partial charge in [-0.25, -0.2) is 0 Å². The Morgan fingerprint density at radius 3 is 2.21 bits per heavy atom. The molecule has 0 aliphatic carbocycles. The van der Waals surface area contributed by atoms with Crippen molar-refractivity contribution >= 4 is 28.5 Å². The molecule has 0 aromatic heterocycles. The number of rotatable bonds is 6. The van der Waals surface area contributed by atoms with Gasteiger partial charge in [-0.2, -0.15) is 5.10 Å². The molecule has 0 bridgehead atoms. The van der Waals surface area contributed by atoms with Crippen LogP contribution in [0.25, 0.3) is 0 Å². The number of benzene rings is 2. The minimum atomic E-state index is -0.670. The summed E-state index contributed by atoms with van der Waals surface area (Å²) in [6.07, 6.45) is 4.97. The molecule has 1 heterocycles. The molecule has 2 aromatic carbocycles. The van der Waals surface area contributed by atoms with Crippen LogP contribution in [0.2, 0.25) is 0 Å². The minimum Gasteiger partial charge on any atom is -0.372 e. The predicted octanol–water partition coefficient (Wildman–Crippen LogP) is 4.72. The zero-order valence-corrected chi connectivity index (χ0v) is 16.2. The lowest BCUT2D eigenvalue weighted by Crippen LogP contribution is -2.23. The molecule has 9 heteroatoms. The molecule has 0 spiro atoms. The van der Waals surface area contributed by atoms with Crippen molar-refractivity contribution in [2.45, 2.75) is 32.6 Å². The maximum atomic E-state index is 11.2. The van der Waals surface area contributed by atoms with Crippen LogP contribution in [0.3, 0.4) is 0 Å². The van der Waals surface area contributed by atoms with Crippen LogP contribution in [0.5, 0.6) is 0 Å². The van der Waals surface area contributed by atoms with Crippen LogP contribution in [-0.2, 0) is 0 Å². The molecular weight excluding hydrogens is 374 g/mol. The van der Waals surface area contributed by atoms with Crippen LogP contribution in [0.15, 0.2) is 47.6 Å². The van der Waals surface area contributed by atoms with Gasteiger partial charge < -0.3 is 4.90 Å². The Balaban J connectivity index is 1.74. The van der Waals surface area contributed by atoms with Gasteiger partial charge in [0.1, 0.15) is 5.69 Å². The van der Waals surface area contributed by atoms with E-state index in [-0.39, 0.29) is 11.4 Å². The molecule has 1 N–H and O–H groups in total. The molecule has 29 heavy (non-hydrogen) atoms. The maximum Gasteiger partial charge on any atom is 0.301 e. The molecule has 0 saturated carbocycles. The van der Waals surface area contributed by atoms with Crippen molar-refractivity contribution in [3.63, 3.8) is 0 Å². The molecule has 0 radical (unpaired) electrons. The summed E-state index contributed by atoms with van der Waals surface area (Å²) in [5.74, 6) is 0. The fraction of sp³-hybridized carbons (Fsp3) is 0.350. The molecular formula is C20H23N5O4. The Hall–Kier alpha value is -3.49. The number of nitro groups is 2. The van der Waals surface area contributed by atoms with Gasteiger partial charge >= 0.3 is 5.69 Å². The Kier molecular flexibility index (Phi) is 6.38. The highest BCUT2D eigenvalue weighted by Crippen LogP contribution is 2.29. The predicted molar refractivity (Wildman–Crippen MR) is 113 cm³/mol. The average Bonchev–Trinajstić information content (AvgIpc) is 3.01. The van der Waals surface area contributed by atoms with Crippen molar-refractivity contribution < 1.29 is 9.85 Å². The summed E-state index contributed by atoms with van der Waals surface area (Å²) in [5, 5.41) is 26.3. The van der Waals surface area contributed by atoms with Gasteiger partial charge in [0.25, 0.3) is 5.69 Å². The number of anilines is 2. The molecule has 0 unspecified atom stereocenters. The van der Waals surface area contributed by atoms with Crippen molar-refractivity contribution in [2.24, 2.45) is 5.10 Å². The van der Waals surface area contributed by atoms with E-state index in [0.717, 1.165) is 24.7 Å². The molecule has 1 aliphatic rings. The quantitative estimate of drug-likeness (QED) is 0.428. The first-order valence-electron chi connectivity index (χ1n) is 9.54. The minimum absolute atomic E-state index is 0.0983. The standard InChI is InChI=1S/C20H23N5O4/c1-15(16-6-8-17(9-7-16)23-12-4-2-3-5-13-23)21-22-19-11-10-18(24(26)27)14-20(19)25(28)29/h6-11,14,22H,2-5,12-13H2,1H3/b21-15-. The van der Waals surface area contributed by atoms with Gasteiger partial charge in [-0.3, -0.25) is 25.7 Å². The first-order valence-corrected chi connectivity index (χ1v) is 9.54. The first kappa shape index (κ1) is 20.2. The van der Waals surface area contributed by atoms with Crippen LogP contribution in [-0.4, -0.2) is 28.6 Å². The van der Waals surface area contributed by atoms with E-state index in [1.165, 1.54) is 43.5 Å². The van der Waals surface area contributed by atoms with Crippen LogP contribution in [0.1, 0.15) is 38.2 Å². The average molecular weight is 397 g/mol. The summed E-state index contributed by atoms with van der Waals surface area (Å²) in [4.78, 5) is 23.1. The molecule has 1 saturated heterocycles. The second-order valence-corrected chi connectivity index (χ2v) is 6.97. The van der Waals surface area contributed by atoms with Crippen molar-refractivity contribution in [1.29, 1.82) is 0 Å². The molecule has 2 aromatic rings. The summed E-state index contributed by atoms with van der Waals surface area (Å²) in [7, 11) is 0. The van der Waals surface area contributed by atoms with E-state index in [9.17, 15) is 20.2 Å². The largest absolute Gasteiger partial charge is 0.372 e. The van der Waals surface area contributed by atoms with Gasteiger partial charge in [0.15, 0.2) is 0 Å². The molecule has 0 amide bonds. The fourth-order valence-corrected chi connectivity index (χ4v) is 3.33. The van der Waals surface area contributed by atoms with E-state index in [0.29, 0.717) is 5.71 Å². The third-order valence-electron chi connectivity index (χ3n) is 4.99. The van der Waals surface area contributed by atoms with Crippen LogP contribution < -0.4 is 10.3 Å². The number of nitrogens with one attached hydrogen (secondary N) is 1. The van der Waals surface area contributed by atoms with Gasteiger partial charge in [0, 0.05) is 24.8 Å². The SMILES string of the molecule is C/C(=N/Nc1ccc([N+](=O)[O-])cc1[N+](=O)[O-])c1ccc(N2CCCCCC2)cc1. The van der Waals surface area contributed by atoms with Gasteiger partial charge in [-0.05, 0) is 43.5 Å². The molecule has 0 atom stereocenters. The summed E-state index contributed by atoms with van der Waals surface area (Å²) >= 11 is 0. The number of nitrogens with zero attached hydrogens (tertiary/aromatic N) is 4. The lowest BCUT2D eigenvalue weighted by molar-refractivity contribution is -0.393. The highest BCUT2D eigenvalue weighted by Gasteiger charge is 2.19. The van der Waals surface area contributed by atoms with Gasteiger partial charge in [-0.1, -0.05) is 25.0 Å². The Labute approximate surface area is 168 Å². The smallest absolute Gasteiger partial charge is 0.301 e. The molecule has 1 aliphatic heterocycles. The number of hydrogen-bond donors (Lipinski definition) is 1. The van der Waals surface area contributed by atoms with Crippen LogP contribution in [0, 0.1) is 20.2 Å². The second-order valence-electron chi connectivity index (χ2n) is 6.97.